The number of rotatable bonds is 14. The summed E-state index contributed by atoms with van der Waals surface area (Å²) >= 11 is 0. The maximum absolute atomic E-state index is 14.3. The molecule has 14 nitrogen and oxygen atoms in total. The number of aromatic nitrogens is 3. The lowest BCUT2D eigenvalue weighted by molar-refractivity contribution is -0.152. The van der Waals surface area contributed by atoms with Crippen LogP contribution in [0.3, 0.4) is 0 Å². The van der Waals surface area contributed by atoms with Gasteiger partial charge in [0.1, 0.15) is 5.54 Å². The van der Waals surface area contributed by atoms with Crippen LogP contribution in [0.15, 0.2) is 0 Å². The third-order valence-electron chi connectivity index (χ3n) is 11.5. The molecule has 3 atom stereocenters. The number of carbonyl (C=O) groups excluding carboxylic acids is 4. The lowest BCUT2D eigenvalue weighted by atomic mass is 9.83. The first-order valence-corrected chi connectivity index (χ1v) is 19.2. The van der Waals surface area contributed by atoms with E-state index in [0.29, 0.717) is 89.4 Å². The van der Waals surface area contributed by atoms with E-state index < -0.39 is 5.54 Å². The van der Waals surface area contributed by atoms with Crippen molar-refractivity contribution in [3.63, 3.8) is 0 Å². The van der Waals surface area contributed by atoms with E-state index in [9.17, 15) is 19.2 Å². The van der Waals surface area contributed by atoms with Crippen molar-refractivity contribution in [2.45, 2.75) is 104 Å². The number of ether oxygens (including phenoxy) is 3. The zero-order valence-corrected chi connectivity index (χ0v) is 31.6. The fourth-order valence-electron chi connectivity index (χ4n) is 8.26. The molecule has 286 valence electrons. The highest BCUT2D eigenvalue weighted by atomic mass is 16.6. The molecule has 1 saturated carbocycles. The normalized spacial score (nSPS) is 23.2. The van der Waals surface area contributed by atoms with Crippen LogP contribution in [0.4, 0.5) is 4.79 Å². The maximum atomic E-state index is 14.3. The van der Waals surface area contributed by atoms with Crippen LogP contribution in [0.5, 0.6) is 0 Å². The minimum absolute atomic E-state index is 0.0665. The Morgan fingerprint density at radius 2 is 1.73 bits per heavy atom. The van der Waals surface area contributed by atoms with Crippen LogP contribution in [0, 0.1) is 23.2 Å². The molecular formula is C37H61N7O7. The van der Waals surface area contributed by atoms with Gasteiger partial charge in [-0.2, -0.15) is 0 Å². The summed E-state index contributed by atoms with van der Waals surface area (Å²) in [5.41, 5.74) is 1.14. The lowest BCUT2D eigenvalue weighted by Crippen LogP contribution is -2.65. The molecule has 1 aromatic rings. The molecule has 3 amide bonds. The first kappa shape index (κ1) is 39.0. The summed E-state index contributed by atoms with van der Waals surface area (Å²) in [5.74, 6) is 0.759. The van der Waals surface area contributed by atoms with Crippen LogP contribution in [0.25, 0.3) is 0 Å². The van der Waals surface area contributed by atoms with E-state index in [1.165, 1.54) is 12.8 Å². The minimum Gasteiger partial charge on any atom is -0.469 e. The largest absolute Gasteiger partial charge is 0.469 e. The number of amides is 3. The predicted molar refractivity (Wildman–Crippen MR) is 190 cm³/mol. The summed E-state index contributed by atoms with van der Waals surface area (Å²) in [7, 11) is 1.35. The summed E-state index contributed by atoms with van der Waals surface area (Å²) in [4.78, 5) is 59.4. The van der Waals surface area contributed by atoms with Gasteiger partial charge in [0.25, 0.3) is 0 Å². The molecule has 0 radical (unpaired) electrons. The number of esters is 1. The molecule has 3 heterocycles. The number of carbonyl (C=O) groups is 4. The highest BCUT2D eigenvalue weighted by Crippen LogP contribution is 2.53. The second kappa shape index (κ2) is 17.5. The fourth-order valence-corrected chi connectivity index (χ4v) is 8.26. The molecule has 14 heteroatoms. The second-order valence-electron chi connectivity index (χ2n) is 16.0. The molecule has 51 heavy (non-hydrogen) atoms. The first-order valence-electron chi connectivity index (χ1n) is 19.2. The van der Waals surface area contributed by atoms with Crippen LogP contribution in [0.2, 0.25) is 0 Å². The second-order valence-corrected chi connectivity index (χ2v) is 16.0. The molecule has 0 spiro atoms. The summed E-state index contributed by atoms with van der Waals surface area (Å²) < 4.78 is 18.3. The Hall–Kier alpha value is -3.26. The molecule has 5 rings (SSSR count). The Kier molecular flexibility index (Phi) is 13.4. The standard InChI is InChI=1S/C37H61N7O7/c1-6-44-31-12-10-28-27(9-11-30(31)39-40-44)29(28)26-51-35(48)42-19-15-37(16-20-42,34(47)38-17-21-41-22-24-50-25-23-41)43(18-7-8-33(46)49-5)32(45)13-14-36(2,3)4/h27-29H,6-26H2,1-5H3,(H,38,47). The van der Waals surface area contributed by atoms with E-state index in [2.05, 4.69) is 48.2 Å². The monoisotopic (exact) mass is 715 g/mol. The summed E-state index contributed by atoms with van der Waals surface area (Å²) in [6, 6.07) is 0. The maximum Gasteiger partial charge on any atom is 0.409 e. The van der Waals surface area contributed by atoms with Gasteiger partial charge in [-0.25, -0.2) is 9.48 Å². The average Bonchev–Trinajstić information content (AvgIpc) is 3.62. The van der Waals surface area contributed by atoms with Crippen LogP contribution < -0.4 is 5.32 Å². The van der Waals surface area contributed by atoms with Crippen molar-refractivity contribution in [2.75, 3.05) is 72.7 Å². The molecule has 2 aliphatic heterocycles. The van der Waals surface area contributed by atoms with Crippen molar-refractivity contribution in [1.29, 1.82) is 0 Å². The molecule has 2 saturated heterocycles. The molecule has 1 N–H and O–H groups in total. The van der Waals surface area contributed by atoms with Crippen LogP contribution in [-0.4, -0.2) is 132 Å². The quantitative estimate of drug-likeness (QED) is 0.285. The zero-order valence-electron chi connectivity index (χ0n) is 31.6. The molecule has 3 unspecified atom stereocenters. The number of nitrogens with zero attached hydrogens (tertiary/aromatic N) is 6. The molecule has 1 aromatic heterocycles. The number of hydrogen-bond donors (Lipinski definition) is 1. The Morgan fingerprint density at radius 1 is 1.02 bits per heavy atom. The Bertz CT molecular complexity index is 1350. The van der Waals surface area contributed by atoms with Gasteiger partial charge in [-0.15, -0.1) is 5.10 Å². The van der Waals surface area contributed by atoms with Crippen molar-refractivity contribution in [3.8, 4) is 0 Å². The summed E-state index contributed by atoms with van der Waals surface area (Å²) in [6.07, 6.45) is 5.65. The van der Waals surface area contributed by atoms with Crippen LogP contribution >= 0.6 is 0 Å². The zero-order chi connectivity index (χ0) is 36.6. The van der Waals surface area contributed by atoms with E-state index in [4.69, 9.17) is 14.2 Å². The number of piperidine rings is 1. The van der Waals surface area contributed by atoms with Gasteiger partial charge in [-0.1, -0.05) is 26.0 Å². The highest BCUT2D eigenvalue weighted by Gasteiger charge is 2.52. The first-order chi connectivity index (χ1) is 24.5. The molecular weight excluding hydrogens is 654 g/mol. The van der Waals surface area contributed by atoms with Crippen molar-refractivity contribution < 1.29 is 33.4 Å². The van der Waals surface area contributed by atoms with Gasteiger partial charge in [0.15, 0.2) is 0 Å². The van der Waals surface area contributed by atoms with Crippen LogP contribution in [-0.2, 0) is 48.0 Å². The third-order valence-corrected chi connectivity index (χ3v) is 11.5. The molecule has 4 aliphatic rings. The van der Waals surface area contributed by atoms with Crippen molar-refractivity contribution in [3.05, 3.63) is 11.4 Å². The van der Waals surface area contributed by atoms with E-state index >= 15 is 0 Å². The molecule has 0 bridgehead atoms. The number of methoxy groups -OCH3 is 1. The number of likely N-dealkylation sites (tertiary alicyclic amines) is 1. The Labute approximate surface area is 303 Å². The number of fused-ring (bicyclic) bond motifs is 2. The summed E-state index contributed by atoms with van der Waals surface area (Å²) in [5, 5.41) is 11.9. The molecule has 2 aliphatic carbocycles. The number of nitrogens with one attached hydrogen (secondary N) is 1. The molecule has 3 fully saturated rings. The average molecular weight is 716 g/mol. The van der Waals surface area contributed by atoms with E-state index in [-0.39, 0.29) is 48.7 Å². The number of morpholine rings is 1. The Balaban J connectivity index is 1.22. The van der Waals surface area contributed by atoms with Crippen molar-refractivity contribution >= 4 is 23.9 Å². The predicted octanol–water partition coefficient (Wildman–Crippen LogP) is 3.07. The number of aryl methyl sites for hydroxylation is 2. The SMILES string of the molecule is CCn1nnc2c1CCC1C(CC2)C1COC(=O)N1CCC(C(=O)NCCN2CCOCC2)(N(CCCC(=O)OC)C(=O)CCC(C)(C)C)CC1. The van der Waals surface area contributed by atoms with E-state index in [0.717, 1.165) is 51.0 Å². The van der Waals surface area contributed by atoms with E-state index in [1.807, 2.05) is 4.68 Å². The van der Waals surface area contributed by atoms with Gasteiger partial charge >= 0.3 is 12.1 Å². The van der Waals surface area contributed by atoms with Gasteiger partial charge in [-0.3, -0.25) is 19.3 Å². The van der Waals surface area contributed by atoms with Crippen molar-refractivity contribution in [2.24, 2.45) is 23.2 Å². The Morgan fingerprint density at radius 3 is 2.39 bits per heavy atom. The lowest BCUT2D eigenvalue weighted by Gasteiger charge is -2.47. The van der Waals surface area contributed by atoms with Gasteiger partial charge < -0.3 is 29.3 Å². The van der Waals surface area contributed by atoms with Gasteiger partial charge in [0.05, 0.1) is 38.3 Å². The highest BCUT2D eigenvalue weighted by molar-refractivity contribution is 5.92. The smallest absolute Gasteiger partial charge is 0.409 e. The minimum atomic E-state index is -1.15. The number of hydrogen-bond acceptors (Lipinski definition) is 10. The van der Waals surface area contributed by atoms with Gasteiger partial charge in [-0.05, 0) is 81.5 Å². The fraction of sp³-hybridized carbons (Fsp3) is 0.838. The van der Waals surface area contributed by atoms with Gasteiger partial charge in [0, 0.05) is 65.2 Å². The molecule has 0 aromatic carbocycles. The topological polar surface area (TPSA) is 148 Å². The summed E-state index contributed by atoms with van der Waals surface area (Å²) in [6.45, 7) is 14.5. The van der Waals surface area contributed by atoms with Crippen molar-refractivity contribution in [1.82, 2.24) is 35.0 Å². The van der Waals surface area contributed by atoms with Gasteiger partial charge in [0.2, 0.25) is 11.8 Å². The van der Waals surface area contributed by atoms with Crippen LogP contribution in [0.1, 0.15) is 90.4 Å². The third kappa shape index (κ3) is 10.00. The van der Waals surface area contributed by atoms with E-state index in [1.54, 1.807) is 9.80 Å².